The number of carbonyl (C=O) groups excluding carboxylic acids is 2. The highest BCUT2D eigenvalue weighted by atomic mass is 32.2. The van der Waals surface area contributed by atoms with Crippen LogP contribution < -0.4 is 10.6 Å². The van der Waals surface area contributed by atoms with Gasteiger partial charge in [0.05, 0.1) is 5.69 Å². The number of halogens is 3. The predicted molar refractivity (Wildman–Crippen MR) is 189 cm³/mol. The minimum Gasteiger partial charge on any atom is -0.475 e. The number of ether oxygens (including phenoxy) is 1. The Bertz CT molecular complexity index is 1800. The molecular formula is C36H41F3N6O5S. The molecule has 2 amide bonds. The number of fused-ring (bicyclic) bond motifs is 1. The van der Waals surface area contributed by atoms with Crippen molar-refractivity contribution in [1.82, 2.24) is 30.5 Å². The second-order valence-corrected chi connectivity index (χ2v) is 13.6. The molecule has 5 rings (SSSR count). The number of piperidine rings is 1. The number of carbonyl (C=O) groups is 3. The van der Waals surface area contributed by atoms with Gasteiger partial charge in [0.2, 0.25) is 5.91 Å². The summed E-state index contributed by atoms with van der Waals surface area (Å²) in [7, 11) is 0. The molecule has 3 heterocycles. The van der Waals surface area contributed by atoms with Gasteiger partial charge in [0.25, 0.3) is 0 Å². The smallest absolute Gasteiger partial charge is 0.475 e. The Morgan fingerprint density at radius 2 is 1.57 bits per heavy atom. The molecular weight excluding hydrogens is 685 g/mol. The zero-order valence-electron chi connectivity index (χ0n) is 28.8. The summed E-state index contributed by atoms with van der Waals surface area (Å²) in [6, 6.07) is 21.0. The zero-order valence-corrected chi connectivity index (χ0v) is 29.6. The van der Waals surface area contributed by atoms with E-state index in [-0.39, 0.29) is 11.8 Å². The second kappa shape index (κ2) is 17.4. The van der Waals surface area contributed by atoms with Crippen molar-refractivity contribution in [2.45, 2.75) is 57.1 Å². The van der Waals surface area contributed by atoms with Crippen molar-refractivity contribution in [2.24, 2.45) is 5.92 Å². The minimum absolute atomic E-state index is 0.0130. The van der Waals surface area contributed by atoms with E-state index in [2.05, 4.69) is 68.0 Å². The number of pyridine rings is 1. The molecule has 51 heavy (non-hydrogen) atoms. The summed E-state index contributed by atoms with van der Waals surface area (Å²) in [6.07, 6.45) is -0.129. The first-order chi connectivity index (χ1) is 24.1. The molecule has 2 aromatic carbocycles. The number of thioether (sulfide) groups is 1. The largest absolute Gasteiger partial charge is 0.490 e. The van der Waals surface area contributed by atoms with Crippen molar-refractivity contribution in [3.63, 3.8) is 0 Å². The molecule has 0 aliphatic carbocycles. The van der Waals surface area contributed by atoms with Gasteiger partial charge in [0, 0.05) is 48.3 Å². The fourth-order valence-corrected chi connectivity index (χ4v) is 5.63. The van der Waals surface area contributed by atoms with Crippen molar-refractivity contribution in [3.05, 3.63) is 72.4 Å². The molecule has 11 nitrogen and oxygen atoms in total. The van der Waals surface area contributed by atoms with Crippen molar-refractivity contribution in [1.29, 1.82) is 0 Å². The number of nitrogens with zero attached hydrogens (tertiary/aromatic N) is 4. The number of aliphatic carboxylic acids is 1. The topological polar surface area (TPSA) is 147 Å². The summed E-state index contributed by atoms with van der Waals surface area (Å²) in [4.78, 5) is 49.8. The first-order valence-corrected chi connectivity index (χ1v) is 17.5. The number of aromatic nitrogens is 3. The Labute approximate surface area is 298 Å². The molecule has 0 bridgehead atoms. The van der Waals surface area contributed by atoms with E-state index in [1.807, 2.05) is 51.4 Å². The van der Waals surface area contributed by atoms with E-state index >= 15 is 0 Å². The molecule has 272 valence electrons. The van der Waals surface area contributed by atoms with Gasteiger partial charge in [0.1, 0.15) is 5.60 Å². The van der Waals surface area contributed by atoms with Crippen LogP contribution in [0.25, 0.3) is 33.4 Å². The van der Waals surface area contributed by atoms with Crippen LogP contribution in [0.3, 0.4) is 0 Å². The van der Waals surface area contributed by atoms with Gasteiger partial charge in [-0.2, -0.15) is 13.2 Å². The van der Waals surface area contributed by atoms with E-state index in [9.17, 15) is 22.8 Å². The summed E-state index contributed by atoms with van der Waals surface area (Å²) in [6.45, 7) is 8.72. The van der Waals surface area contributed by atoms with E-state index in [0.717, 1.165) is 60.2 Å². The van der Waals surface area contributed by atoms with E-state index in [1.165, 1.54) is 17.3 Å². The van der Waals surface area contributed by atoms with Crippen molar-refractivity contribution < 1.29 is 37.4 Å². The molecule has 2 aromatic heterocycles. The molecule has 15 heteroatoms. The third kappa shape index (κ3) is 11.9. The lowest BCUT2D eigenvalue weighted by Gasteiger charge is -2.31. The summed E-state index contributed by atoms with van der Waals surface area (Å²) < 4.78 is 37.0. The minimum atomic E-state index is -5.08. The number of carboxylic acid groups (broad SMARTS) is 1. The van der Waals surface area contributed by atoms with Gasteiger partial charge in [-0.3, -0.25) is 9.69 Å². The average molecular weight is 727 g/mol. The second-order valence-electron chi connectivity index (χ2n) is 12.8. The zero-order chi connectivity index (χ0) is 37.2. The molecule has 0 atom stereocenters. The number of benzene rings is 2. The number of hydrogen-bond acceptors (Lipinski definition) is 9. The van der Waals surface area contributed by atoms with Crippen LogP contribution in [0, 0.1) is 5.92 Å². The maximum Gasteiger partial charge on any atom is 0.490 e. The number of likely N-dealkylation sites (tertiary alicyclic amines) is 1. The van der Waals surface area contributed by atoms with Crippen molar-refractivity contribution in [3.8, 4) is 22.4 Å². The number of rotatable bonds is 9. The SMILES string of the molecule is CSc1ncc2cc(-c3ccccc3)c(-c3ccc(CN4CCC(C(=O)NCCNC(=O)OC(C)(C)C)CC4)cc3)nc2n1.O=C(O)C(F)(F)F. The number of carboxylic acids is 1. The lowest BCUT2D eigenvalue weighted by Crippen LogP contribution is -2.42. The van der Waals surface area contributed by atoms with E-state index in [4.69, 9.17) is 19.6 Å². The summed E-state index contributed by atoms with van der Waals surface area (Å²) in [5.41, 5.74) is 5.45. The van der Waals surface area contributed by atoms with E-state index in [0.29, 0.717) is 23.9 Å². The standard InChI is InChI=1S/C34H40N6O3S.C2HF3O2/c1-34(2,3)43-33(42)36-17-16-35-31(41)26-14-18-40(19-15-26)22-23-10-12-25(13-11-23)29-28(24-8-6-5-7-9-24)20-27-21-37-32(44-4)39-30(27)38-29;3-2(4,5)1(6)7/h5-13,20-21,26H,14-19,22H2,1-4H3,(H,35,41)(H,36,42);(H,6,7). The normalized spacial score (nSPS) is 13.9. The molecule has 0 unspecified atom stereocenters. The van der Waals surface area contributed by atoms with Gasteiger partial charge in [-0.05, 0) is 70.2 Å². The molecule has 3 N–H and O–H groups in total. The lowest BCUT2D eigenvalue weighted by molar-refractivity contribution is -0.192. The highest BCUT2D eigenvalue weighted by molar-refractivity contribution is 7.98. The molecule has 4 aromatic rings. The summed E-state index contributed by atoms with van der Waals surface area (Å²) in [5, 5.41) is 14.4. The van der Waals surface area contributed by atoms with Crippen molar-refractivity contribution in [2.75, 3.05) is 32.4 Å². The molecule has 0 spiro atoms. The third-order valence-corrected chi connectivity index (χ3v) is 8.30. The van der Waals surface area contributed by atoms with Crippen LogP contribution in [0.4, 0.5) is 18.0 Å². The van der Waals surface area contributed by atoms with Crippen LogP contribution in [0.5, 0.6) is 0 Å². The van der Waals surface area contributed by atoms with E-state index < -0.39 is 23.8 Å². The van der Waals surface area contributed by atoms with Gasteiger partial charge < -0.3 is 20.5 Å². The molecule has 0 radical (unpaired) electrons. The quantitative estimate of drug-likeness (QED) is 0.0984. The van der Waals surface area contributed by atoms with Gasteiger partial charge in [-0.25, -0.2) is 24.5 Å². The first-order valence-electron chi connectivity index (χ1n) is 16.3. The highest BCUT2D eigenvalue weighted by Crippen LogP contribution is 2.33. The van der Waals surface area contributed by atoms with Crippen LogP contribution in [0.15, 0.2) is 72.0 Å². The highest BCUT2D eigenvalue weighted by Gasteiger charge is 2.38. The maximum absolute atomic E-state index is 12.7. The first kappa shape index (κ1) is 39.0. The van der Waals surface area contributed by atoms with Crippen LogP contribution in [-0.4, -0.2) is 87.1 Å². The summed E-state index contributed by atoms with van der Waals surface area (Å²) in [5.74, 6) is -2.72. The summed E-state index contributed by atoms with van der Waals surface area (Å²) >= 11 is 1.51. The van der Waals surface area contributed by atoms with Crippen LogP contribution in [-0.2, 0) is 20.9 Å². The number of hydrogen-bond donors (Lipinski definition) is 3. The van der Waals surface area contributed by atoms with Gasteiger partial charge >= 0.3 is 18.2 Å². The Balaban J connectivity index is 0.000000755. The third-order valence-electron chi connectivity index (χ3n) is 7.74. The Kier molecular flexibility index (Phi) is 13.4. The predicted octanol–water partition coefficient (Wildman–Crippen LogP) is 6.57. The van der Waals surface area contributed by atoms with Gasteiger partial charge in [0.15, 0.2) is 10.8 Å². The monoisotopic (exact) mass is 726 g/mol. The van der Waals surface area contributed by atoms with Crippen molar-refractivity contribution >= 4 is 40.8 Å². The number of amides is 2. The Morgan fingerprint density at radius 1 is 0.941 bits per heavy atom. The van der Waals surface area contributed by atoms with Gasteiger partial charge in [-0.1, -0.05) is 66.4 Å². The van der Waals surface area contributed by atoms with Crippen LogP contribution >= 0.6 is 11.8 Å². The van der Waals surface area contributed by atoms with Crippen LogP contribution in [0.2, 0.25) is 0 Å². The molecule has 0 saturated carbocycles. The lowest BCUT2D eigenvalue weighted by atomic mass is 9.95. The average Bonchev–Trinajstić information content (AvgIpc) is 3.09. The number of nitrogens with one attached hydrogen (secondary N) is 2. The molecule has 1 fully saturated rings. The Morgan fingerprint density at radius 3 is 2.16 bits per heavy atom. The van der Waals surface area contributed by atoms with Crippen LogP contribution in [0.1, 0.15) is 39.2 Å². The van der Waals surface area contributed by atoms with Gasteiger partial charge in [-0.15, -0.1) is 0 Å². The molecule has 1 aliphatic rings. The maximum atomic E-state index is 12.7. The van der Waals surface area contributed by atoms with E-state index in [1.54, 1.807) is 0 Å². The fourth-order valence-electron chi connectivity index (χ4n) is 5.29. The molecule has 1 aliphatic heterocycles. The molecule has 1 saturated heterocycles. The number of alkyl carbamates (subject to hydrolysis) is 1. The Hall–Kier alpha value is -4.76. The fraction of sp³-hybridized carbons (Fsp3) is 0.389. The number of alkyl halides is 3.